The molecule has 3 nitrogen and oxygen atoms in total. The van der Waals surface area contributed by atoms with Crippen molar-refractivity contribution in [1.82, 2.24) is 9.97 Å². The molecule has 2 aromatic rings. The molecular formula is C12H9BrN2O. The molecule has 0 aliphatic carbocycles. The molecule has 1 atom stereocenters. The molecule has 0 aliphatic rings. The molecule has 0 amide bonds. The largest absolute Gasteiger partial charge is 0.302 e. The Morgan fingerprint density at radius 3 is 2.69 bits per heavy atom. The molecule has 0 bridgehead atoms. The van der Waals surface area contributed by atoms with Crippen molar-refractivity contribution in [3.05, 3.63) is 58.6 Å². The number of carbonyl (C=O) groups excluding carboxylic acids is 1. The number of rotatable bonds is 3. The van der Waals surface area contributed by atoms with Crippen molar-refractivity contribution in [2.45, 2.75) is 5.92 Å². The van der Waals surface area contributed by atoms with Crippen LogP contribution in [0.25, 0.3) is 0 Å². The SMILES string of the molecule is O=CC(c1ccnc(Br)c1)c1ccccn1. The van der Waals surface area contributed by atoms with E-state index in [4.69, 9.17) is 0 Å². The van der Waals surface area contributed by atoms with Crippen LogP contribution >= 0.6 is 15.9 Å². The van der Waals surface area contributed by atoms with Gasteiger partial charge in [0.25, 0.3) is 0 Å². The molecule has 2 rings (SSSR count). The summed E-state index contributed by atoms with van der Waals surface area (Å²) in [4.78, 5) is 19.4. The average Bonchev–Trinajstić information content (AvgIpc) is 2.31. The minimum absolute atomic E-state index is 0.333. The smallest absolute Gasteiger partial charge is 0.133 e. The van der Waals surface area contributed by atoms with E-state index in [1.54, 1.807) is 12.4 Å². The molecular weight excluding hydrogens is 268 g/mol. The van der Waals surface area contributed by atoms with E-state index in [-0.39, 0.29) is 5.92 Å². The maximum absolute atomic E-state index is 11.1. The molecule has 0 saturated carbocycles. The monoisotopic (exact) mass is 276 g/mol. The molecule has 4 heteroatoms. The van der Waals surface area contributed by atoms with Gasteiger partial charge in [-0.1, -0.05) is 6.07 Å². The summed E-state index contributed by atoms with van der Waals surface area (Å²) in [6.45, 7) is 0. The Balaban J connectivity index is 2.41. The summed E-state index contributed by atoms with van der Waals surface area (Å²) in [6.07, 6.45) is 4.24. The Kier molecular flexibility index (Phi) is 3.41. The zero-order valence-electron chi connectivity index (χ0n) is 8.38. The summed E-state index contributed by atoms with van der Waals surface area (Å²) in [5.74, 6) is -0.333. The van der Waals surface area contributed by atoms with Crippen LogP contribution in [-0.2, 0) is 4.79 Å². The van der Waals surface area contributed by atoms with Crippen LogP contribution in [0.4, 0.5) is 0 Å². The second-order valence-corrected chi connectivity index (χ2v) is 4.09. The van der Waals surface area contributed by atoms with Crippen LogP contribution in [0.1, 0.15) is 17.2 Å². The summed E-state index contributed by atoms with van der Waals surface area (Å²) < 4.78 is 0.716. The molecule has 80 valence electrons. The maximum Gasteiger partial charge on any atom is 0.133 e. The van der Waals surface area contributed by atoms with Gasteiger partial charge in [0.05, 0.1) is 11.6 Å². The van der Waals surface area contributed by atoms with E-state index in [2.05, 4.69) is 25.9 Å². The first kappa shape index (κ1) is 11.0. The van der Waals surface area contributed by atoms with Crippen molar-refractivity contribution >= 4 is 22.2 Å². The third-order valence-electron chi connectivity index (χ3n) is 2.25. The zero-order chi connectivity index (χ0) is 11.4. The third kappa shape index (κ3) is 2.33. The lowest BCUT2D eigenvalue weighted by molar-refractivity contribution is -0.108. The summed E-state index contributed by atoms with van der Waals surface area (Å²) in [7, 11) is 0. The van der Waals surface area contributed by atoms with Gasteiger partial charge in [0, 0.05) is 12.4 Å². The van der Waals surface area contributed by atoms with Gasteiger partial charge in [-0.2, -0.15) is 0 Å². The molecule has 16 heavy (non-hydrogen) atoms. The number of hydrogen-bond acceptors (Lipinski definition) is 3. The predicted molar refractivity (Wildman–Crippen MR) is 64.1 cm³/mol. The minimum atomic E-state index is -0.333. The highest BCUT2D eigenvalue weighted by molar-refractivity contribution is 9.10. The van der Waals surface area contributed by atoms with Gasteiger partial charge in [0.2, 0.25) is 0 Å². The van der Waals surface area contributed by atoms with Crippen molar-refractivity contribution in [3.8, 4) is 0 Å². The van der Waals surface area contributed by atoms with Gasteiger partial charge in [-0.3, -0.25) is 4.98 Å². The molecule has 0 radical (unpaired) electrons. The van der Waals surface area contributed by atoms with Crippen molar-refractivity contribution < 1.29 is 4.79 Å². The van der Waals surface area contributed by atoms with Crippen LogP contribution in [0, 0.1) is 0 Å². The van der Waals surface area contributed by atoms with Crippen LogP contribution in [0.5, 0.6) is 0 Å². The van der Waals surface area contributed by atoms with Gasteiger partial charge in [0.15, 0.2) is 0 Å². The molecule has 2 heterocycles. The van der Waals surface area contributed by atoms with Crippen molar-refractivity contribution in [2.75, 3.05) is 0 Å². The fourth-order valence-electron chi connectivity index (χ4n) is 1.49. The third-order valence-corrected chi connectivity index (χ3v) is 2.69. The van der Waals surface area contributed by atoms with Gasteiger partial charge in [-0.25, -0.2) is 4.98 Å². The number of hydrogen-bond donors (Lipinski definition) is 0. The number of aldehydes is 1. The Bertz CT molecular complexity index is 487. The highest BCUT2D eigenvalue weighted by Crippen LogP contribution is 2.22. The maximum atomic E-state index is 11.1. The molecule has 0 fully saturated rings. The lowest BCUT2D eigenvalue weighted by Crippen LogP contribution is -2.04. The number of aromatic nitrogens is 2. The second kappa shape index (κ2) is 4.99. The standard InChI is InChI=1S/C12H9BrN2O/c13-12-7-9(4-6-15-12)10(8-16)11-3-1-2-5-14-11/h1-8,10H. The number of pyridine rings is 2. The highest BCUT2D eigenvalue weighted by Gasteiger charge is 2.14. The zero-order valence-corrected chi connectivity index (χ0v) is 9.96. The van der Waals surface area contributed by atoms with Crippen LogP contribution in [0.15, 0.2) is 47.3 Å². The summed E-state index contributed by atoms with van der Waals surface area (Å²) in [5, 5.41) is 0. The van der Waals surface area contributed by atoms with Crippen LogP contribution in [-0.4, -0.2) is 16.3 Å². The quantitative estimate of drug-likeness (QED) is 0.639. The molecule has 1 unspecified atom stereocenters. The van der Waals surface area contributed by atoms with E-state index in [1.165, 1.54) is 0 Å². The first-order valence-electron chi connectivity index (χ1n) is 4.79. The van der Waals surface area contributed by atoms with Crippen LogP contribution < -0.4 is 0 Å². The van der Waals surface area contributed by atoms with E-state index in [9.17, 15) is 4.79 Å². The number of halogens is 1. The number of carbonyl (C=O) groups is 1. The van der Waals surface area contributed by atoms with Crippen molar-refractivity contribution in [2.24, 2.45) is 0 Å². The predicted octanol–water partition coefficient (Wildman–Crippen LogP) is 2.57. The average molecular weight is 277 g/mol. The normalized spacial score (nSPS) is 12.1. The Labute approximate surface area is 102 Å². The molecule has 0 spiro atoms. The van der Waals surface area contributed by atoms with Gasteiger partial charge in [-0.15, -0.1) is 0 Å². The first-order valence-corrected chi connectivity index (χ1v) is 5.58. The Hall–Kier alpha value is -1.55. The van der Waals surface area contributed by atoms with Crippen molar-refractivity contribution in [1.29, 1.82) is 0 Å². The van der Waals surface area contributed by atoms with Gasteiger partial charge in [0.1, 0.15) is 10.9 Å². The number of nitrogens with zero attached hydrogens (tertiary/aromatic N) is 2. The fraction of sp³-hybridized carbons (Fsp3) is 0.0833. The van der Waals surface area contributed by atoms with E-state index in [0.717, 1.165) is 17.5 Å². The summed E-state index contributed by atoms with van der Waals surface area (Å²) in [5.41, 5.74) is 1.63. The van der Waals surface area contributed by atoms with E-state index >= 15 is 0 Å². The topological polar surface area (TPSA) is 42.9 Å². The highest BCUT2D eigenvalue weighted by atomic mass is 79.9. The molecule has 0 aromatic carbocycles. The molecule has 2 aromatic heterocycles. The van der Waals surface area contributed by atoms with E-state index in [0.29, 0.717) is 4.60 Å². The van der Waals surface area contributed by atoms with E-state index < -0.39 is 0 Å². The lowest BCUT2D eigenvalue weighted by atomic mass is 9.98. The summed E-state index contributed by atoms with van der Waals surface area (Å²) >= 11 is 3.28. The Morgan fingerprint density at radius 1 is 1.19 bits per heavy atom. The molecule has 0 saturated heterocycles. The second-order valence-electron chi connectivity index (χ2n) is 3.28. The van der Waals surface area contributed by atoms with Gasteiger partial charge < -0.3 is 4.79 Å². The fourth-order valence-corrected chi connectivity index (χ4v) is 1.87. The van der Waals surface area contributed by atoms with Crippen LogP contribution in [0.2, 0.25) is 0 Å². The Morgan fingerprint density at radius 2 is 2.06 bits per heavy atom. The first-order chi connectivity index (χ1) is 7.81. The van der Waals surface area contributed by atoms with Gasteiger partial charge in [-0.05, 0) is 45.8 Å². The summed E-state index contributed by atoms with van der Waals surface area (Å²) in [6, 6.07) is 9.18. The van der Waals surface area contributed by atoms with Crippen molar-refractivity contribution in [3.63, 3.8) is 0 Å². The van der Waals surface area contributed by atoms with Crippen LogP contribution in [0.3, 0.4) is 0 Å². The van der Waals surface area contributed by atoms with E-state index in [1.807, 2.05) is 30.3 Å². The minimum Gasteiger partial charge on any atom is -0.302 e. The molecule has 0 N–H and O–H groups in total. The van der Waals surface area contributed by atoms with Gasteiger partial charge >= 0.3 is 0 Å². The lowest BCUT2D eigenvalue weighted by Gasteiger charge is -2.09. The molecule has 0 aliphatic heterocycles.